The summed E-state index contributed by atoms with van der Waals surface area (Å²) < 4.78 is 0. The number of carbonyl (C=O) groups excluding carboxylic acids is 1. The molecule has 0 N–H and O–H groups in total. The highest BCUT2D eigenvalue weighted by Crippen LogP contribution is 2.25. The molecule has 1 aliphatic rings. The third-order valence-corrected chi connectivity index (χ3v) is 2.95. The van der Waals surface area contributed by atoms with Crippen molar-refractivity contribution in [3.8, 4) is 0 Å². The average Bonchev–Trinajstić information content (AvgIpc) is 2.18. The molecule has 0 saturated heterocycles. The van der Waals surface area contributed by atoms with E-state index >= 15 is 0 Å². The molecule has 0 spiro atoms. The van der Waals surface area contributed by atoms with Crippen molar-refractivity contribution in [1.29, 1.82) is 0 Å². The first-order valence-electron chi connectivity index (χ1n) is 4.80. The quantitative estimate of drug-likeness (QED) is 0.696. The maximum atomic E-state index is 11.9. The van der Waals surface area contributed by atoms with Crippen LogP contribution < -0.4 is 0 Å². The molecular formula is C11H12ClNO. The van der Waals surface area contributed by atoms with Gasteiger partial charge in [-0.3, -0.25) is 4.79 Å². The molecule has 1 aromatic rings. The smallest absolute Gasteiger partial charge is 0.255 e. The molecule has 1 heterocycles. The first kappa shape index (κ1) is 9.53. The van der Waals surface area contributed by atoms with Gasteiger partial charge in [-0.2, -0.15) is 0 Å². The minimum Gasteiger partial charge on any atom is -0.339 e. The molecule has 0 saturated carbocycles. The van der Waals surface area contributed by atoms with E-state index in [1.54, 1.807) is 6.07 Å². The molecule has 0 bridgehead atoms. The topological polar surface area (TPSA) is 20.3 Å². The second-order valence-corrected chi connectivity index (χ2v) is 3.82. The van der Waals surface area contributed by atoms with E-state index in [9.17, 15) is 4.79 Å². The summed E-state index contributed by atoms with van der Waals surface area (Å²) in [6, 6.07) is 5.65. The third kappa shape index (κ3) is 1.40. The Bertz CT molecular complexity index is 376. The van der Waals surface area contributed by atoms with E-state index in [1.807, 2.05) is 24.0 Å². The average molecular weight is 210 g/mol. The fourth-order valence-corrected chi connectivity index (χ4v) is 2.11. The molecular weight excluding hydrogens is 198 g/mol. The number of halogens is 1. The number of fused-ring (bicyclic) bond motifs is 1. The molecule has 74 valence electrons. The molecule has 0 aromatic heterocycles. The van der Waals surface area contributed by atoms with Gasteiger partial charge in [0.15, 0.2) is 0 Å². The van der Waals surface area contributed by atoms with Crippen LogP contribution in [0.25, 0.3) is 0 Å². The van der Waals surface area contributed by atoms with Gasteiger partial charge in [-0.15, -0.1) is 0 Å². The summed E-state index contributed by atoms with van der Waals surface area (Å²) >= 11 is 6.01. The lowest BCUT2D eigenvalue weighted by Crippen LogP contribution is -2.37. The predicted molar refractivity (Wildman–Crippen MR) is 56.7 cm³/mol. The number of benzene rings is 1. The fraction of sp³-hybridized carbons (Fsp3) is 0.364. The van der Waals surface area contributed by atoms with Gasteiger partial charge in [-0.05, 0) is 25.0 Å². The van der Waals surface area contributed by atoms with Crippen molar-refractivity contribution in [1.82, 2.24) is 4.90 Å². The lowest BCUT2D eigenvalue weighted by Gasteiger charge is -2.27. The van der Waals surface area contributed by atoms with E-state index in [-0.39, 0.29) is 5.91 Å². The van der Waals surface area contributed by atoms with Gasteiger partial charge in [0.2, 0.25) is 0 Å². The number of rotatable bonds is 1. The summed E-state index contributed by atoms with van der Waals surface area (Å²) in [5.41, 5.74) is 1.77. The maximum Gasteiger partial charge on any atom is 0.255 e. The third-order valence-electron chi connectivity index (χ3n) is 2.63. The summed E-state index contributed by atoms with van der Waals surface area (Å²) in [6.45, 7) is 3.55. The van der Waals surface area contributed by atoms with E-state index in [4.69, 9.17) is 11.6 Å². The monoisotopic (exact) mass is 209 g/mol. The minimum atomic E-state index is 0.0688. The SMILES string of the molecule is CCN1CCc2cccc(Cl)c2C1=O. The predicted octanol–water partition coefficient (Wildman–Crippen LogP) is 2.36. The van der Waals surface area contributed by atoms with Crippen LogP contribution in [0, 0.1) is 0 Å². The fourth-order valence-electron chi connectivity index (χ4n) is 1.83. The van der Waals surface area contributed by atoms with Crippen LogP contribution in [0.2, 0.25) is 5.02 Å². The van der Waals surface area contributed by atoms with Crippen molar-refractivity contribution in [3.63, 3.8) is 0 Å². The normalized spacial score (nSPS) is 15.6. The summed E-state index contributed by atoms with van der Waals surface area (Å²) in [7, 11) is 0. The molecule has 2 nitrogen and oxygen atoms in total. The molecule has 0 fully saturated rings. The Kier molecular flexibility index (Phi) is 2.46. The Balaban J connectivity index is 2.48. The Morgan fingerprint density at radius 2 is 2.29 bits per heavy atom. The minimum absolute atomic E-state index is 0.0688. The van der Waals surface area contributed by atoms with E-state index < -0.39 is 0 Å². The van der Waals surface area contributed by atoms with E-state index in [1.165, 1.54) is 0 Å². The lowest BCUT2D eigenvalue weighted by atomic mass is 9.99. The van der Waals surface area contributed by atoms with Crippen molar-refractivity contribution in [2.24, 2.45) is 0 Å². The molecule has 0 atom stereocenters. The highest BCUT2D eigenvalue weighted by Gasteiger charge is 2.24. The molecule has 0 aliphatic carbocycles. The molecule has 3 heteroatoms. The maximum absolute atomic E-state index is 11.9. The summed E-state index contributed by atoms with van der Waals surface area (Å²) in [5.74, 6) is 0.0688. The summed E-state index contributed by atoms with van der Waals surface area (Å²) in [5, 5.41) is 0.575. The van der Waals surface area contributed by atoms with Gasteiger partial charge in [-0.1, -0.05) is 23.7 Å². The van der Waals surface area contributed by atoms with E-state index in [0.29, 0.717) is 10.6 Å². The number of likely N-dealkylation sites (N-methyl/N-ethyl adjacent to an activating group) is 1. The zero-order valence-corrected chi connectivity index (χ0v) is 8.84. The van der Waals surface area contributed by atoms with Crippen LogP contribution in [0.15, 0.2) is 18.2 Å². The van der Waals surface area contributed by atoms with Crippen LogP contribution in [0.1, 0.15) is 22.8 Å². The summed E-state index contributed by atoms with van der Waals surface area (Å²) in [6.07, 6.45) is 0.912. The molecule has 1 amide bonds. The van der Waals surface area contributed by atoms with Crippen molar-refractivity contribution in [3.05, 3.63) is 34.3 Å². The zero-order valence-electron chi connectivity index (χ0n) is 8.09. The Morgan fingerprint density at radius 3 is 3.00 bits per heavy atom. The van der Waals surface area contributed by atoms with Crippen molar-refractivity contribution in [2.45, 2.75) is 13.3 Å². The van der Waals surface area contributed by atoms with Crippen LogP contribution >= 0.6 is 11.6 Å². The van der Waals surface area contributed by atoms with Crippen LogP contribution in [0.5, 0.6) is 0 Å². The van der Waals surface area contributed by atoms with Gasteiger partial charge in [-0.25, -0.2) is 0 Å². The molecule has 0 radical (unpaired) electrons. The van der Waals surface area contributed by atoms with Crippen LogP contribution in [0.4, 0.5) is 0 Å². The molecule has 0 unspecified atom stereocenters. The Morgan fingerprint density at radius 1 is 1.50 bits per heavy atom. The van der Waals surface area contributed by atoms with Crippen LogP contribution in [0.3, 0.4) is 0 Å². The number of hydrogen-bond acceptors (Lipinski definition) is 1. The number of carbonyl (C=O) groups is 1. The molecule has 2 rings (SSSR count). The van der Waals surface area contributed by atoms with Gasteiger partial charge < -0.3 is 4.90 Å². The Hall–Kier alpha value is -1.02. The standard InChI is InChI=1S/C11H12ClNO/c1-2-13-7-6-8-4-3-5-9(12)10(8)11(13)14/h3-5H,2,6-7H2,1H3. The highest BCUT2D eigenvalue weighted by atomic mass is 35.5. The number of amides is 1. The van der Waals surface area contributed by atoms with E-state index in [0.717, 1.165) is 25.1 Å². The Labute approximate surface area is 88.5 Å². The van der Waals surface area contributed by atoms with Gasteiger partial charge in [0.25, 0.3) is 5.91 Å². The molecule has 14 heavy (non-hydrogen) atoms. The molecule has 1 aromatic carbocycles. The van der Waals surface area contributed by atoms with Crippen LogP contribution in [-0.2, 0) is 6.42 Å². The second-order valence-electron chi connectivity index (χ2n) is 3.41. The van der Waals surface area contributed by atoms with Crippen molar-refractivity contribution in [2.75, 3.05) is 13.1 Å². The van der Waals surface area contributed by atoms with Crippen LogP contribution in [-0.4, -0.2) is 23.9 Å². The van der Waals surface area contributed by atoms with E-state index in [2.05, 4.69) is 0 Å². The highest BCUT2D eigenvalue weighted by molar-refractivity contribution is 6.34. The number of nitrogens with zero attached hydrogens (tertiary/aromatic N) is 1. The summed E-state index contributed by atoms with van der Waals surface area (Å²) in [4.78, 5) is 13.7. The molecule has 1 aliphatic heterocycles. The second kappa shape index (κ2) is 3.62. The largest absolute Gasteiger partial charge is 0.339 e. The lowest BCUT2D eigenvalue weighted by molar-refractivity contribution is 0.0749. The van der Waals surface area contributed by atoms with Gasteiger partial charge in [0, 0.05) is 13.1 Å². The van der Waals surface area contributed by atoms with Gasteiger partial charge in [0.1, 0.15) is 0 Å². The van der Waals surface area contributed by atoms with Gasteiger partial charge in [0.05, 0.1) is 10.6 Å². The van der Waals surface area contributed by atoms with Gasteiger partial charge >= 0.3 is 0 Å². The first-order chi connectivity index (χ1) is 6.74. The van der Waals surface area contributed by atoms with Crippen molar-refractivity contribution < 1.29 is 4.79 Å². The first-order valence-corrected chi connectivity index (χ1v) is 5.18. The zero-order chi connectivity index (χ0) is 10.1. The number of hydrogen-bond donors (Lipinski definition) is 0. The van der Waals surface area contributed by atoms with Crippen molar-refractivity contribution >= 4 is 17.5 Å².